The van der Waals surface area contributed by atoms with Crippen LogP contribution in [0.15, 0.2) is 12.2 Å². The number of fused-ring (bicyclic) bond motifs is 3. The first-order valence-electron chi connectivity index (χ1n) is 16.5. The van der Waals surface area contributed by atoms with Gasteiger partial charge in [0.15, 0.2) is 0 Å². The van der Waals surface area contributed by atoms with E-state index in [4.69, 9.17) is 11.3 Å². The van der Waals surface area contributed by atoms with E-state index in [9.17, 15) is 20.4 Å². The van der Waals surface area contributed by atoms with Gasteiger partial charge in [0, 0.05) is 11.8 Å². The SMILES string of the molecule is C=C1CC2(CCC(CCC3(O)CCCC(O)C3)C2)C2OC2(C)CCC2C1CC2(C)C1CCC(C(O)C(C)O)C1. The van der Waals surface area contributed by atoms with Crippen molar-refractivity contribution in [3.63, 3.8) is 0 Å². The van der Waals surface area contributed by atoms with Crippen LogP contribution in [0.1, 0.15) is 124 Å². The lowest BCUT2D eigenvalue weighted by molar-refractivity contribution is -0.0736. The maximum atomic E-state index is 11.1. The zero-order valence-electron chi connectivity index (χ0n) is 24.9. The van der Waals surface area contributed by atoms with Crippen LogP contribution in [0.4, 0.5) is 0 Å². The maximum Gasteiger partial charge on any atom is 0.0930 e. The molecule has 13 unspecified atom stereocenters. The quantitative estimate of drug-likeness (QED) is 0.246. The van der Waals surface area contributed by atoms with Crippen molar-refractivity contribution in [1.82, 2.24) is 0 Å². The van der Waals surface area contributed by atoms with Crippen LogP contribution >= 0.6 is 0 Å². The third-order valence-electron chi connectivity index (χ3n) is 13.4. The van der Waals surface area contributed by atoms with Gasteiger partial charge < -0.3 is 25.2 Å². The van der Waals surface area contributed by atoms with Gasteiger partial charge in [0.1, 0.15) is 0 Å². The van der Waals surface area contributed by atoms with Gasteiger partial charge in [-0.25, -0.2) is 0 Å². The molecule has 1 heterocycles. The van der Waals surface area contributed by atoms with Crippen molar-refractivity contribution in [3.05, 3.63) is 12.2 Å². The lowest BCUT2D eigenvalue weighted by Gasteiger charge is -2.58. The van der Waals surface area contributed by atoms with Gasteiger partial charge in [-0.3, -0.25) is 0 Å². The van der Waals surface area contributed by atoms with Crippen LogP contribution in [-0.2, 0) is 4.74 Å². The predicted molar refractivity (Wildman–Crippen MR) is 153 cm³/mol. The van der Waals surface area contributed by atoms with Crippen LogP contribution in [0, 0.1) is 40.4 Å². The highest BCUT2D eigenvalue weighted by Crippen LogP contribution is 2.69. The summed E-state index contributed by atoms with van der Waals surface area (Å²) >= 11 is 0. The average Bonchev–Trinajstić information content (AvgIpc) is 3.21. The summed E-state index contributed by atoms with van der Waals surface area (Å²) in [6, 6.07) is 0. The van der Waals surface area contributed by atoms with Gasteiger partial charge in [0.2, 0.25) is 0 Å². The molecule has 6 aliphatic rings. The van der Waals surface area contributed by atoms with Crippen molar-refractivity contribution >= 4 is 0 Å². The molecule has 5 saturated carbocycles. The predicted octanol–water partition coefficient (Wildman–Crippen LogP) is 5.92. The Bertz CT molecular complexity index is 935. The number of allylic oxidation sites excluding steroid dienone is 1. The minimum Gasteiger partial charge on any atom is -0.393 e. The second-order valence-corrected chi connectivity index (χ2v) is 16.1. The van der Waals surface area contributed by atoms with Crippen molar-refractivity contribution in [3.8, 4) is 0 Å². The summed E-state index contributed by atoms with van der Waals surface area (Å²) < 4.78 is 6.64. The molecular weight excluding hydrogens is 488 g/mol. The molecule has 5 nitrogen and oxygen atoms in total. The Kier molecular flexibility index (Phi) is 7.40. The summed E-state index contributed by atoms with van der Waals surface area (Å²) in [5.41, 5.74) is 1.29. The van der Waals surface area contributed by atoms with Crippen LogP contribution in [-0.4, -0.2) is 56.0 Å². The lowest BCUT2D eigenvalue weighted by Crippen LogP contribution is -2.51. The first kappa shape index (κ1) is 28.6. The fraction of sp³-hybridized carbons (Fsp3) is 0.941. The summed E-state index contributed by atoms with van der Waals surface area (Å²) in [7, 11) is 0. The Balaban J connectivity index is 1.12. The molecule has 6 fully saturated rings. The van der Waals surface area contributed by atoms with Crippen molar-refractivity contribution < 1.29 is 25.2 Å². The van der Waals surface area contributed by atoms with Crippen LogP contribution in [0.2, 0.25) is 0 Å². The average molecular weight is 545 g/mol. The monoisotopic (exact) mass is 544 g/mol. The van der Waals surface area contributed by atoms with Crippen LogP contribution in [0.3, 0.4) is 0 Å². The molecule has 0 radical (unpaired) electrons. The molecule has 0 aromatic rings. The van der Waals surface area contributed by atoms with E-state index in [1.165, 1.54) is 44.1 Å². The Labute approximate surface area is 236 Å². The number of ether oxygens (including phenoxy) is 1. The fourth-order valence-electron chi connectivity index (χ4n) is 11.1. The van der Waals surface area contributed by atoms with E-state index in [1.807, 2.05) is 0 Å². The summed E-state index contributed by atoms with van der Waals surface area (Å²) in [6.07, 6.45) is 15.4. The number of aliphatic hydroxyl groups excluding tert-OH is 3. The van der Waals surface area contributed by atoms with Crippen molar-refractivity contribution in [2.75, 3.05) is 0 Å². The number of hydrogen-bond acceptors (Lipinski definition) is 5. The number of epoxide rings is 1. The molecule has 5 heteroatoms. The van der Waals surface area contributed by atoms with E-state index in [-0.39, 0.29) is 23.0 Å². The summed E-state index contributed by atoms with van der Waals surface area (Å²) in [4.78, 5) is 0. The lowest BCUT2D eigenvalue weighted by atomic mass is 9.46. The summed E-state index contributed by atoms with van der Waals surface area (Å²) in [5.74, 6) is 2.75. The molecule has 1 aliphatic heterocycles. The van der Waals surface area contributed by atoms with Gasteiger partial charge in [-0.15, -0.1) is 0 Å². The molecular formula is C34H56O5. The van der Waals surface area contributed by atoms with Crippen LogP contribution < -0.4 is 0 Å². The Morgan fingerprint density at radius 2 is 1.79 bits per heavy atom. The molecule has 5 aliphatic carbocycles. The van der Waals surface area contributed by atoms with E-state index in [0.29, 0.717) is 41.6 Å². The highest BCUT2D eigenvalue weighted by atomic mass is 16.6. The first-order valence-corrected chi connectivity index (χ1v) is 16.5. The third kappa shape index (κ3) is 5.09. The molecule has 1 saturated heterocycles. The fourth-order valence-corrected chi connectivity index (χ4v) is 11.1. The van der Waals surface area contributed by atoms with Crippen LogP contribution in [0.25, 0.3) is 0 Å². The molecule has 13 atom stereocenters. The zero-order chi connectivity index (χ0) is 27.8. The Morgan fingerprint density at radius 1 is 1.00 bits per heavy atom. The third-order valence-corrected chi connectivity index (χ3v) is 13.4. The molecule has 0 bridgehead atoms. The molecule has 39 heavy (non-hydrogen) atoms. The van der Waals surface area contributed by atoms with Gasteiger partial charge in [-0.1, -0.05) is 19.1 Å². The minimum absolute atomic E-state index is 0.00698. The van der Waals surface area contributed by atoms with Crippen molar-refractivity contribution in [2.45, 2.75) is 159 Å². The van der Waals surface area contributed by atoms with Gasteiger partial charge in [-0.2, -0.15) is 0 Å². The van der Waals surface area contributed by atoms with Gasteiger partial charge >= 0.3 is 0 Å². The Hall–Kier alpha value is -0.460. The van der Waals surface area contributed by atoms with E-state index in [1.54, 1.807) is 6.92 Å². The van der Waals surface area contributed by atoms with E-state index in [0.717, 1.165) is 57.8 Å². The smallest absolute Gasteiger partial charge is 0.0930 e. The molecule has 4 N–H and O–H groups in total. The largest absolute Gasteiger partial charge is 0.393 e. The molecule has 0 aromatic heterocycles. The first-order chi connectivity index (χ1) is 18.4. The second-order valence-electron chi connectivity index (χ2n) is 16.1. The van der Waals surface area contributed by atoms with Gasteiger partial charge in [0.05, 0.1) is 35.6 Å². The topological polar surface area (TPSA) is 93.5 Å². The van der Waals surface area contributed by atoms with E-state index >= 15 is 0 Å². The molecule has 0 amide bonds. The summed E-state index contributed by atoms with van der Waals surface area (Å²) in [5, 5.41) is 41.8. The standard InChI is InChI=1S/C34H56O5/c1-21-17-33(14-9-23(18-33)10-15-34(38)12-5-6-26(36)19-34)30-32(4,39-30)13-11-28-27(21)20-31(28,3)25-8-7-24(16-25)29(37)22(2)35/h22-30,35-38H,1,5-20H2,2-4H3. The maximum absolute atomic E-state index is 11.1. The molecule has 1 spiro atoms. The number of rotatable bonds is 6. The van der Waals surface area contributed by atoms with E-state index in [2.05, 4.69) is 13.8 Å². The number of hydrogen-bond donors (Lipinski definition) is 4. The zero-order valence-corrected chi connectivity index (χ0v) is 24.9. The summed E-state index contributed by atoms with van der Waals surface area (Å²) in [6.45, 7) is 11.4. The van der Waals surface area contributed by atoms with Gasteiger partial charge in [-0.05, 0) is 145 Å². The highest BCUT2D eigenvalue weighted by Gasteiger charge is 2.67. The Morgan fingerprint density at radius 3 is 2.54 bits per heavy atom. The number of aliphatic hydroxyl groups is 4. The van der Waals surface area contributed by atoms with Crippen LogP contribution in [0.5, 0.6) is 0 Å². The van der Waals surface area contributed by atoms with E-state index < -0.39 is 17.8 Å². The van der Waals surface area contributed by atoms with Gasteiger partial charge in [0.25, 0.3) is 0 Å². The highest BCUT2D eigenvalue weighted by molar-refractivity contribution is 5.23. The van der Waals surface area contributed by atoms with Crippen molar-refractivity contribution in [2.24, 2.45) is 40.4 Å². The molecule has 222 valence electrons. The second kappa shape index (κ2) is 10.1. The van der Waals surface area contributed by atoms with Crippen molar-refractivity contribution in [1.29, 1.82) is 0 Å². The molecule has 6 rings (SSSR count). The molecule has 0 aromatic carbocycles. The minimum atomic E-state index is -0.672. The normalized spacial score (nSPS) is 53.2.